The first-order valence-corrected chi connectivity index (χ1v) is 9.99. The SMILES string of the molecule is Cc1c(F)cccc1S(=O)(=O)c1ccc(C[N+]23C=CC=CC2=NC=C3)cc1. The van der Waals surface area contributed by atoms with Gasteiger partial charge in [-0.25, -0.2) is 17.3 Å². The van der Waals surface area contributed by atoms with Gasteiger partial charge in [0, 0.05) is 17.2 Å². The highest BCUT2D eigenvalue weighted by molar-refractivity contribution is 7.91. The molecule has 0 N–H and O–H groups in total. The van der Waals surface area contributed by atoms with Crippen molar-refractivity contribution in [2.24, 2.45) is 4.99 Å². The van der Waals surface area contributed by atoms with Crippen molar-refractivity contribution < 1.29 is 17.3 Å². The fourth-order valence-corrected chi connectivity index (χ4v) is 4.84. The molecule has 2 aromatic carbocycles. The molecule has 4 nitrogen and oxygen atoms in total. The Morgan fingerprint density at radius 1 is 1.04 bits per heavy atom. The lowest BCUT2D eigenvalue weighted by Crippen LogP contribution is -2.40. The summed E-state index contributed by atoms with van der Waals surface area (Å²) in [6.45, 7) is 2.11. The summed E-state index contributed by atoms with van der Waals surface area (Å²) in [6, 6.07) is 10.9. The maximum atomic E-state index is 13.8. The van der Waals surface area contributed by atoms with E-state index in [1.54, 1.807) is 30.5 Å². The molecule has 6 heteroatoms. The zero-order valence-electron chi connectivity index (χ0n) is 14.7. The van der Waals surface area contributed by atoms with Crippen LogP contribution in [0, 0.1) is 12.7 Å². The number of benzene rings is 2. The number of aliphatic imine (C=N–C) groups is 1. The standard InChI is InChI=1S/C21H18FN2O2S/c1-16-19(22)5-4-6-20(16)27(25,26)18-10-8-17(9-11-18)15-24-13-3-2-7-21(24)23-12-14-24/h2-14H,15H2,1H3/q+1. The van der Waals surface area contributed by atoms with E-state index >= 15 is 0 Å². The largest absolute Gasteiger partial charge is 0.237 e. The Kier molecular flexibility index (Phi) is 4.17. The lowest BCUT2D eigenvalue weighted by Gasteiger charge is -2.28. The average Bonchev–Trinajstić information content (AvgIpc) is 3.07. The van der Waals surface area contributed by atoms with Gasteiger partial charge in [-0.1, -0.05) is 18.2 Å². The Balaban J connectivity index is 1.64. The van der Waals surface area contributed by atoms with E-state index in [9.17, 15) is 12.8 Å². The molecule has 0 saturated heterocycles. The van der Waals surface area contributed by atoms with Crippen molar-refractivity contribution in [1.82, 2.24) is 0 Å². The summed E-state index contributed by atoms with van der Waals surface area (Å²) in [6.07, 6.45) is 11.7. The van der Waals surface area contributed by atoms with Crippen LogP contribution in [-0.2, 0) is 16.4 Å². The van der Waals surface area contributed by atoms with Crippen LogP contribution in [0.2, 0.25) is 0 Å². The highest BCUT2D eigenvalue weighted by Crippen LogP contribution is 2.28. The molecule has 0 fully saturated rings. The summed E-state index contributed by atoms with van der Waals surface area (Å²) >= 11 is 0. The molecule has 0 spiro atoms. The molecule has 0 radical (unpaired) electrons. The molecule has 0 aliphatic carbocycles. The van der Waals surface area contributed by atoms with E-state index in [0.717, 1.165) is 11.4 Å². The van der Waals surface area contributed by atoms with Crippen LogP contribution in [0.15, 0.2) is 94.1 Å². The predicted octanol–water partition coefficient (Wildman–Crippen LogP) is 4.25. The van der Waals surface area contributed by atoms with Crippen molar-refractivity contribution in [1.29, 1.82) is 0 Å². The van der Waals surface area contributed by atoms with Crippen molar-refractivity contribution in [3.8, 4) is 0 Å². The molecule has 0 saturated carbocycles. The molecule has 1 atom stereocenters. The van der Waals surface area contributed by atoms with E-state index in [2.05, 4.69) is 4.99 Å². The van der Waals surface area contributed by atoms with Crippen LogP contribution in [0.25, 0.3) is 0 Å². The van der Waals surface area contributed by atoms with Gasteiger partial charge in [0.1, 0.15) is 24.8 Å². The minimum Gasteiger partial charge on any atom is -0.219 e. The summed E-state index contributed by atoms with van der Waals surface area (Å²) < 4.78 is 40.0. The Hall–Kier alpha value is -2.83. The molecule has 1 unspecified atom stereocenters. The summed E-state index contributed by atoms with van der Waals surface area (Å²) in [5.41, 5.74) is 1.11. The van der Waals surface area contributed by atoms with Gasteiger partial charge in [-0.2, -0.15) is 4.99 Å². The van der Waals surface area contributed by atoms with Crippen LogP contribution < -0.4 is 0 Å². The highest BCUT2D eigenvalue weighted by atomic mass is 32.2. The molecule has 27 heavy (non-hydrogen) atoms. The Labute approximate surface area is 157 Å². The van der Waals surface area contributed by atoms with Crippen LogP contribution in [-0.4, -0.2) is 18.7 Å². The second-order valence-electron chi connectivity index (χ2n) is 6.59. The molecule has 0 bridgehead atoms. The monoisotopic (exact) mass is 381 g/mol. The zero-order chi connectivity index (χ0) is 19.1. The van der Waals surface area contributed by atoms with Gasteiger partial charge in [-0.15, -0.1) is 0 Å². The molecule has 4 rings (SSSR count). The number of allylic oxidation sites excluding steroid dienone is 2. The second-order valence-corrected chi connectivity index (χ2v) is 8.50. The zero-order valence-corrected chi connectivity index (χ0v) is 15.5. The van der Waals surface area contributed by atoms with Crippen LogP contribution in [0.1, 0.15) is 11.1 Å². The molecule has 2 heterocycles. The van der Waals surface area contributed by atoms with Crippen molar-refractivity contribution in [3.05, 3.63) is 96.2 Å². The van der Waals surface area contributed by atoms with Gasteiger partial charge in [-0.05, 0) is 43.3 Å². The maximum absolute atomic E-state index is 13.8. The van der Waals surface area contributed by atoms with E-state index in [-0.39, 0.29) is 15.4 Å². The molecular formula is C21H18FN2O2S+. The highest BCUT2D eigenvalue weighted by Gasteiger charge is 2.33. The third kappa shape index (κ3) is 2.97. The number of quaternary nitrogens is 1. The van der Waals surface area contributed by atoms with Gasteiger partial charge in [-0.3, -0.25) is 0 Å². The lowest BCUT2D eigenvalue weighted by molar-refractivity contribution is -0.743. The number of hydrogen-bond acceptors (Lipinski definition) is 3. The first kappa shape index (κ1) is 17.6. The third-order valence-electron chi connectivity index (χ3n) is 4.86. The second kappa shape index (κ2) is 6.40. The molecule has 0 aromatic heterocycles. The number of hydrogen-bond donors (Lipinski definition) is 0. The summed E-state index contributed by atoms with van der Waals surface area (Å²) in [7, 11) is -3.77. The molecule has 136 valence electrons. The normalized spacial score (nSPS) is 20.6. The quantitative estimate of drug-likeness (QED) is 0.744. The number of amidine groups is 1. The first-order valence-electron chi connectivity index (χ1n) is 8.51. The van der Waals surface area contributed by atoms with Gasteiger partial charge in [0.15, 0.2) is 0 Å². The number of nitrogens with zero attached hydrogens (tertiary/aromatic N) is 2. The lowest BCUT2D eigenvalue weighted by atomic mass is 10.1. The summed E-state index contributed by atoms with van der Waals surface area (Å²) in [5, 5.41) is 0. The Bertz CT molecular complexity index is 1130. The number of sulfone groups is 1. The van der Waals surface area contributed by atoms with E-state index in [1.807, 2.05) is 30.6 Å². The van der Waals surface area contributed by atoms with Crippen LogP contribution in [0.3, 0.4) is 0 Å². The Morgan fingerprint density at radius 2 is 1.81 bits per heavy atom. The van der Waals surface area contributed by atoms with Crippen molar-refractivity contribution in [2.45, 2.75) is 23.3 Å². The fraction of sp³-hybridized carbons (Fsp3) is 0.0952. The first-order chi connectivity index (χ1) is 12.9. The van der Waals surface area contributed by atoms with E-state index < -0.39 is 15.7 Å². The minimum atomic E-state index is -3.77. The van der Waals surface area contributed by atoms with Gasteiger partial charge in [0.05, 0.1) is 16.0 Å². The predicted molar refractivity (Wildman–Crippen MR) is 102 cm³/mol. The van der Waals surface area contributed by atoms with Gasteiger partial charge < -0.3 is 0 Å². The summed E-state index contributed by atoms with van der Waals surface area (Å²) in [4.78, 5) is 4.53. The summed E-state index contributed by atoms with van der Waals surface area (Å²) in [5.74, 6) is 0.394. The maximum Gasteiger partial charge on any atom is 0.237 e. The van der Waals surface area contributed by atoms with Crippen molar-refractivity contribution >= 4 is 15.7 Å². The van der Waals surface area contributed by atoms with E-state index in [1.165, 1.54) is 25.1 Å². The minimum absolute atomic E-state index is 0.00174. The van der Waals surface area contributed by atoms with Crippen molar-refractivity contribution in [3.63, 3.8) is 0 Å². The molecular weight excluding hydrogens is 363 g/mol. The third-order valence-corrected chi connectivity index (χ3v) is 6.77. The molecule has 2 aliphatic heterocycles. The Morgan fingerprint density at radius 3 is 2.59 bits per heavy atom. The topological polar surface area (TPSA) is 46.5 Å². The number of rotatable bonds is 4. The van der Waals surface area contributed by atoms with Crippen LogP contribution in [0.4, 0.5) is 4.39 Å². The fourth-order valence-electron chi connectivity index (χ4n) is 3.33. The van der Waals surface area contributed by atoms with Crippen LogP contribution in [0.5, 0.6) is 0 Å². The van der Waals surface area contributed by atoms with Gasteiger partial charge in [0.25, 0.3) is 0 Å². The molecule has 0 amide bonds. The molecule has 2 aromatic rings. The van der Waals surface area contributed by atoms with Gasteiger partial charge >= 0.3 is 0 Å². The van der Waals surface area contributed by atoms with E-state index in [0.29, 0.717) is 11.0 Å². The van der Waals surface area contributed by atoms with Gasteiger partial charge in [0.2, 0.25) is 15.7 Å². The smallest absolute Gasteiger partial charge is 0.219 e. The van der Waals surface area contributed by atoms with E-state index in [4.69, 9.17) is 0 Å². The number of fused-ring (bicyclic) bond motifs is 1. The number of halogens is 1. The average molecular weight is 381 g/mol. The van der Waals surface area contributed by atoms with Crippen molar-refractivity contribution in [2.75, 3.05) is 0 Å². The van der Waals surface area contributed by atoms with Crippen LogP contribution >= 0.6 is 0 Å². The molecule has 2 aliphatic rings.